The number of hydrogen-bond donors (Lipinski definition) is 3. The Morgan fingerprint density at radius 2 is 1.88 bits per heavy atom. The smallest absolute Gasteiger partial charge is 0.327 e. The number of ether oxygens (including phenoxy) is 2. The van der Waals surface area contributed by atoms with Crippen molar-refractivity contribution in [2.75, 3.05) is 14.1 Å². The molecule has 4 aromatic rings. The lowest BCUT2D eigenvalue weighted by molar-refractivity contribution is -0.114. The van der Waals surface area contributed by atoms with Crippen molar-refractivity contribution in [3.05, 3.63) is 65.0 Å². The van der Waals surface area contributed by atoms with E-state index in [4.69, 9.17) is 20.6 Å². The first kappa shape index (κ1) is 22.7. The maximum atomic E-state index is 12.4. The van der Waals surface area contributed by atoms with Gasteiger partial charge < -0.3 is 19.4 Å². The zero-order valence-corrected chi connectivity index (χ0v) is 19.4. The average molecular weight is 461 g/mol. The summed E-state index contributed by atoms with van der Waals surface area (Å²) in [5.74, 6) is 1.93. The van der Waals surface area contributed by atoms with Gasteiger partial charge in [0.15, 0.2) is 5.65 Å². The molecule has 0 saturated carbocycles. The van der Waals surface area contributed by atoms with Crippen LogP contribution in [0.1, 0.15) is 34.2 Å². The van der Waals surface area contributed by atoms with Crippen molar-refractivity contribution in [2.45, 2.75) is 20.3 Å². The molecule has 2 heterocycles. The number of nitrogens with two attached hydrogens (primary N) is 2. The highest BCUT2D eigenvalue weighted by atomic mass is 16.5. The van der Waals surface area contributed by atoms with E-state index in [1.807, 2.05) is 19.9 Å². The normalized spacial score (nSPS) is 10.8. The van der Waals surface area contributed by atoms with Crippen molar-refractivity contribution in [2.24, 2.45) is 5.73 Å². The van der Waals surface area contributed by atoms with Crippen molar-refractivity contribution in [1.82, 2.24) is 24.8 Å². The predicted molar refractivity (Wildman–Crippen MR) is 127 cm³/mol. The van der Waals surface area contributed by atoms with E-state index in [1.165, 1.54) is 4.90 Å². The maximum absolute atomic E-state index is 12.4. The molecule has 2 aromatic heterocycles. The van der Waals surface area contributed by atoms with E-state index in [2.05, 4.69) is 19.9 Å². The van der Waals surface area contributed by atoms with Gasteiger partial charge in [-0.15, -0.1) is 0 Å². The van der Waals surface area contributed by atoms with Crippen molar-refractivity contribution >= 4 is 22.9 Å². The van der Waals surface area contributed by atoms with Crippen molar-refractivity contribution in [1.29, 1.82) is 0 Å². The molecule has 10 heteroatoms. The molecule has 34 heavy (non-hydrogen) atoms. The Balaban J connectivity index is 1.75. The third-order valence-corrected chi connectivity index (χ3v) is 5.11. The molecule has 2 aromatic carbocycles. The van der Waals surface area contributed by atoms with Gasteiger partial charge in [-0.3, -0.25) is 15.9 Å². The number of amides is 1. The van der Waals surface area contributed by atoms with Gasteiger partial charge in [-0.2, -0.15) is 9.97 Å². The summed E-state index contributed by atoms with van der Waals surface area (Å²) in [7, 11) is 3.38. The Morgan fingerprint density at radius 3 is 2.59 bits per heavy atom. The van der Waals surface area contributed by atoms with E-state index < -0.39 is 0 Å². The number of aromatic nitrogens is 4. The van der Waals surface area contributed by atoms with Gasteiger partial charge in [0.25, 0.3) is 17.6 Å². The molecule has 5 N–H and O–H groups in total. The highest BCUT2D eigenvalue weighted by Gasteiger charge is 2.18. The topological polar surface area (TPSA) is 145 Å². The highest BCUT2D eigenvalue weighted by molar-refractivity contribution is 5.94. The number of hydrogen-bond acceptors (Lipinski definition) is 6. The molecule has 0 aliphatic heterocycles. The van der Waals surface area contributed by atoms with Crippen LogP contribution in [0.5, 0.6) is 23.4 Å². The van der Waals surface area contributed by atoms with Crippen LogP contribution in [0.2, 0.25) is 0 Å². The number of fused-ring (bicyclic) bond motifs is 1. The first-order chi connectivity index (χ1) is 16.2. The van der Waals surface area contributed by atoms with Crippen LogP contribution in [0, 0.1) is 6.92 Å². The second-order valence-electron chi connectivity index (χ2n) is 7.91. The summed E-state index contributed by atoms with van der Waals surface area (Å²) in [4.78, 5) is 30.5. The Bertz CT molecular complexity index is 1390. The molecule has 174 valence electrons. The minimum Gasteiger partial charge on any atom is -0.437 e. The lowest BCUT2D eigenvalue weighted by Crippen LogP contribution is -2.46. The Hall–Kier alpha value is -4.47. The van der Waals surface area contributed by atoms with Crippen LogP contribution in [0.25, 0.3) is 11.2 Å². The average Bonchev–Trinajstić information content (AvgIpc) is 3.23. The van der Waals surface area contributed by atoms with Gasteiger partial charge in [-0.1, -0.05) is 19.1 Å². The number of carbonyl (C=O) groups is 1. The summed E-state index contributed by atoms with van der Waals surface area (Å²) < 4.78 is 12.1. The fourth-order valence-corrected chi connectivity index (χ4v) is 3.24. The minimum absolute atomic E-state index is 0.0491. The second kappa shape index (κ2) is 9.18. The van der Waals surface area contributed by atoms with Crippen LogP contribution in [0.3, 0.4) is 0 Å². The number of rotatable bonds is 7. The minimum atomic E-state index is -0.136. The Kier molecular flexibility index (Phi) is 6.13. The van der Waals surface area contributed by atoms with Crippen LogP contribution in [-0.2, 0) is 6.42 Å². The number of nitrogens with one attached hydrogen (secondary N) is 1. The first-order valence-corrected chi connectivity index (χ1v) is 10.7. The molecule has 1 amide bonds. The van der Waals surface area contributed by atoms with Gasteiger partial charge in [0.1, 0.15) is 22.8 Å². The molecule has 0 atom stereocenters. The van der Waals surface area contributed by atoms with Gasteiger partial charge in [0.2, 0.25) is 0 Å². The molecule has 0 spiro atoms. The third kappa shape index (κ3) is 4.65. The predicted octanol–water partition coefficient (Wildman–Crippen LogP) is 1.97. The zero-order valence-electron chi connectivity index (χ0n) is 19.4. The molecule has 0 bridgehead atoms. The van der Waals surface area contributed by atoms with Crippen LogP contribution in [-0.4, -0.2) is 50.7 Å². The van der Waals surface area contributed by atoms with E-state index >= 15 is 0 Å². The number of carbonyl (C=O) groups excluding carboxylic acids is 1. The van der Waals surface area contributed by atoms with E-state index in [-0.39, 0.29) is 23.6 Å². The van der Waals surface area contributed by atoms with Crippen molar-refractivity contribution < 1.29 is 19.7 Å². The number of aromatic amines is 1. The van der Waals surface area contributed by atoms with Crippen LogP contribution in [0.15, 0.2) is 42.5 Å². The summed E-state index contributed by atoms with van der Waals surface area (Å²) in [6, 6.07) is 12.3. The van der Waals surface area contributed by atoms with E-state index in [0.717, 1.165) is 11.4 Å². The number of amidine groups is 1. The molecule has 0 fully saturated rings. The van der Waals surface area contributed by atoms with Gasteiger partial charge in [0, 0.05) is 26.1 Å². The quantitative estimate of drug-likeness (QED) is 0.282. The molecule has 0 radical (unpaired) electrons. The Labute approximate surface area is 196 Å². The molecular weight excluding hydrogens is 434 g/mol. The van der Waals surface area contributed by atoms with Gasteiger partial charge in [0.05, 0.1) is 5.56 Å². The first-order valence-electron chi connectivity index (χ1n) is 10.7. The molecule has 0 aliphatic rings. The maximum Gasteiger partial charge on any atom is 0.327 e. The van der Waals surface area contributed by atoms with Gasteiger partial charge in [-0.25, -0.2) is 4.98 Å². The standard InChI is InChI=1S/C24H25N7O3/c1-5-18-27-19-21(28-18)29-24(34-17-12-14(20(25)26)10-9-13(17)2)30-22(19)33-16-8-6-7-15(11-16)23(32)31(3)4/h6-12H,5H2,1-4H3,(H3,25,26)(H,27,28,29,30)/p+1. The summed E-state index contributed by atoms with van der Waals surface area (Å²) in [6.45, 7) is 3.86. The fourth-order valence-electron chi connectivity index (χ4n) is 3.24. The van der Waals surface area contributed by atoms with Crippen LogP contribution < -0.4 is 20.6 Å². The number of aryl methyl sites for hydroxylation is 2. The fraction of sp³-hybridized carbons (Fsp3) is 0.208. The van der Waals surface area contributed by atoms with Gasteiger partial charge >= 0.3 is 6.01 Å². The number of nitrogens with zero attached hydrogens (tertiary/aromatic N) is 4. The molecule has 10 nitrogen and oxygen atoms in total. The zero-order chi connectivity index (χ0) is 24.4. The third-order valence-electron chi connectivity index (χ3n) is 5.11. The SMILES string of the molecule is CCc1nc2nc(Oc3cc(C(N)=[NH2+])ccc3C)nc(Oc3cccc(C(=O)N(C)C)c3)c2[nH]1. The van der Waals surface area contributed by atoms with Crippen LogP contribution in [0.4, 0.5) is 0 Å². The largest absolute Gasteiger partial charge is 0.437 e. The molecule has 4 rings (SSSR count). The molecule has 0 saturated heterocycles. The summed E-state index contributed by atoms with van der Waals surface area (Å²) in [5.41, 5.74) is 8.63. The molecular formula is C24H26N7O3+. The summed E-state index contributed by atoms with van der Waals surface area (Å²) >= 11 is 0. The van der Waals surface area contributed by atoms with Crippen molar-refractivity contribution in [3.8, 4) is 23.4 Å². The summed E-state index contributed by atoms with van der Waals surface area (Å²) in [5, 5.41) is 5.73. The van der Waals surface area contributed by atoms with E-state index in [9.17, 15) is 4.79 Å². The summed E-state index contributed by atoms with van der Waals surface area (Å²) in [6.07, 6.45) is 0.672. The monoisotopic (exact) mass is 460 g/mol. The highest BCUT2D eigenvalue weighted by Crippen LogP contribution is 2.31. The molecule has 0 aliphatic carbocycles. The number of benzene rings is 2. The molecule has 0 unspecified atom stereocenters. The second-order valence-corrected chi connectivity index (χ2v) is 7.91. The van der Waals surface area contributed by atoms with Gasteiger partial charge in [-0.05, 0) is 42.8 Å². The lowest BCUT2D eigenvalue weighted by atomic mass is 10.1. The van der Waals surface area contributed by atoms with E-state index in [1.54, 1.807) is 50.5 Å². The van der Waals surface area contributed by atoms with Crippen LogP contribution >= 0.6 is 0 Å². The Morgan fingerprint density at radius 1 is 1.09 bits per heavy atom. The van der Waals surface area contributed by atoms with E-state index in [0.29, 0.717) is 40.2 Å². The van der Waals surface area contributed by atoms with Crippen molar-refractivity contribution in [3.63, 3.8) is 0 Å². The lowest BCUT2D eigenvalue weighted by Gasteiger charge is -2.12. The number of H-pyrrole nitrogens is 1. The number of imidazole rings is 1.